The summed E-state index contributed by atoms with van der Waals surface area (Å²) in [5, 5.41) is 21.3. The number of anilines is 1. The van der Waals surface area contributed by atoms with Crippen molar-refractivity contribution in [1.82, 2.24) is 0 Å². The van der Waals surface area contributed by atoms with Crippen molar-refractivity contribution in [3.8, 4) is 0 Å². The highest BCUT2D eigenvalue weighted by Gasteiger charge is 2.17. The summed E-state index contributed by atoms with van der Waals surface area (Å²) in [6.07, 6.45) is 1.93. The van der Waals surface area contributed by atoms with E-state index in [0.29, 0.717) is 25.3 Å². The van der Waals surface area contributed by atoms with Crippen LogP contribution in [0.3, 0.4) is 0 Å². The van der Waals surface area contributed by atoms with E-state index < -0.39 is 0 Å². The van der Waals surface area contributed by atoms with Gasteiger partial charge in [-0.3, -0.25) is 0 Å². The molecule has 4 N–H and O–H groups in total. The van der Waals surface area contributed by atoms with Gasteiger partial charge in [-0.15, -0.1) is 11.8 Å². The highest BCUT2D eigenvalue weighted by atomic mass is 32.2. The van der Waals surface area contributed by atoms with Crippen LogP contribution in [0.1, 0.15) is 5.56 Å². The molecule has 0 aliphatic carbocycles. The molecule has 1 aromatic rings. The smallest absolute Gasteiger partial charge is 0.173 e. The zero-order chi connectivity index (χ0) is 15.0. The van der Waals surface area contributed by atoms with E-state index in [2.05, 4.69) is 5.16 Å². The van der Waals surface area contributed by atoms with Crippen LogP contribution >= 0.6 is 11.8 Å². The number of methoxy groups -OCH3 is 1. The van der Waals surface area contributed by atoms with E-state index in [4.69, 9.17) is 15.7 Å². The average molecular weight is 299 g/mol. The third kappa shape index (κ3) is 4.03. The first-order valence-electron chi connectivity index (χ1n) is 6.19. The van der Waals surface area contributed by atoms with Crippen molar-refractivity contribution in [2.24, 2.45) is 10.9 Å². The van der Waals surface area contributed by atoms with Crippen LogP contribution in [0.25, 0.3) is 0 Å². The Morgan fingerprint density at radius 3 is 2.75 bits per heavy atom. The second-order valence-corrected chi connectivity index (χ2v) is 4.89. The van der Waals surface area contributed by atoms with E-state index in [1.165, 1.54) is 11.8 Å². The summed E-state index contributed by atoms with van der Waals surface area (Å²) in [7, 11) is 1.62. The van der Waals surface area contributed by atoms with E-state index in [-0.39, 0.29) is 12.4 Å². The van der Waals surface area contributed by atoms with Crippen molar-refractivity contribution in [3.05, 3.63) is 23.8 Å². The summed E-state index contributed by atoms with van der Waals surface area (Å²) in [5.74, 6) is 0.0605. The molecule has 0 aliphatic heterocycles. The average Bonchev–Trinajstić information content (AvgIpc) is 2.49. The Labute approximate surface area is 123 Å². The van der Waals surface area contributed by atoms with Crippen molar-refractivity contribution in [2.45, 2.75) is 4.90 Å². The summed E-state index contributed by atoms with van der Waals surface area (Å²) in [4.78, 5) is 2.87. The third-order valence-corrected chi connectivity index (χ3v) is 3.64. The molecule has 0 atom stereocenters. The maximum Gasteiger partial charge on any atom is 0.173 e. The first-order chi connectivity index (χ1) is 9.69. The zero-order valence-corrected chi connectivity index (χ0v) is 12.6. The number of nitrogens with two attached hydrogens (primary N) is 1. The zero-order valence-electron chi connectivity index (χ0n) is 11.7. The molecule has 0 saturated heterocycles. The van der Waals surface area contributed by atoms with Crippen molar-refractivity contribution >= 4 is 23.3 Å². The van der Waals surface area contributed by atoms with Gasteiger partial charge in [-0.2, -0.15) is 0 Å². The predicted octanol–water partition coefficient (Wildman–Crippen LogP) is 0.948. The minimum absolute atomic E-state index is 0.0167. The van der Waals surface area contributed by atoms with E-state index in [1.54, 1.807) is 7.11 Å². The molecule has 20 heavy (non-hydrogen) atoms. The van der Waals surface area contributed by atoms with Gasteiger partial charge >= 0.3 is 0 Å². The van der Waals surface area contributed by atoms with Gasteiger partial charge in [-0.1, -0.05) is 11.2 Å². The second-order valence-electron chi connectivity index (χ2n) is 4.04. The molecule has 0 unspecified atom stereocenters. The van der Waals surface area contributed by atoms with Gasteiger partial charge in [0.15, 0.2) is 5.84 Å². The maximum absolute atomic E-state index is 9.21. The van der Waals surface area contributed by atoms with E-state index in [0.717, 1.165) is 10.6 Å². The fourth-order valence-corrected chi connectivity index (χ4v) is 2.56. The van der Waals surface area contributed by atoms with Gasteiger partial charge in [0.2, 0.25) is 0 Å². The Bertz CT molecular complexity index is 454. The number of nitrogens with zero attached hydrogens (tertiary/aromatic N) is 2. The second kappa shape index (κ2) is 8.68. The minimum Gasteiger partial charge on any atom is -0.409 e. The van der Waals surface area contributed by atoms with Crippen LogP contribution in [0, 0.1) is 0 Å². The van der Waals surface area contributed by atoms with Crippen LogP contribution in [0.5, 0.6) is 0 Å². The topological polar surface area (TPSA) is 91.3 Å². The Hall–Kier alpha value is -1.44. The van der Waals surface area contributed by atoms with Crippen molar-refractivity contribution in [1.29, 1.82) is 0 Å². The molecule has 6 nitrogen and oxygen atoms in total. The lowest BCUT2D eigenvalue weighted by Crippen LogP contribution is -2.32. The van der Waals surface area contributed by atoms with Crippen LogP contribution in [-0.2, 0) is 4.74 Å². The number of benzene rings is 1. The number of aliphatic hydroxyl groups excluding tert-OH is 1. The van der Waals surface area contributed by atoms with Crippen LogP contribution in [0.15, 0.2) is 28.3 Å². The Morgan fingerprint density at radius 1 is 1.45 bits per heavy atom. The van der Waals surface area contributed by atoms with Gasteiger partial charge in [0, 0.05) is 30.8 Å². The molecule has 0 radical (unpaired) electrons. The third-order valence-electron chi connectivity index (χ3n) is 2.86. The fourth-order valence-electron chi connectivity index (χ4n) is 1.94. The van der Waals surface area contributed by atoms with Gasteiger partial charge in [-0.25, -0.2) is 0 Å². The molecule has 0 amide bonds. The van der Waals surface area contributed by atoms with Gasteiger partial charge < -0.3 is 25.7 Å². The van der Waals surface area contributed by atoms with Crippen molar-refractivity contribution < 1.29 is 15.1 Å². The maximum atomic E-state index is 9.21. The number of aliphatic hydroxyl groups is 1. The molecule has 0 fully saturated rings. The Morgan fingerprint density at radius 2 is 2.20 bits per heavy atom. The quantitative estimate of drug-likeness (QED) is 0.218. The molecule has 112 valence electrons. The number of thioether (sulfide) groups is 1. The number of ether oxygens (including phenoxy) is 1. The molecular weight excluding hydrogens is 278 g/mol. The molecule has 0 saturated carbocycles. The molecule has 7 heteroatoms. The summed E-state index contributed by atoms with van der Waals surface area (Å²) < 4.78 is 5.08. The molecule has 0 aromatic heterocycles. The van der Waals surface area contributed by atoms with Crippen LogP contribution < -0.4 is 10.6 Å². The molecule has 1 rings (SSSR count). The normalized spacial score (nSPS) is 11.7. The van der Waals surface area contributed by atoms with E-state index in [9.17, 15) is 5.11 Å². The highest BCUT2D eigenvalue weighted by Crippen LogP contribution is 2.29. The van der Waals surface area contributed by atoms with Crippen LogP contribution in [0.4, 0.5) is 5.69 Å². The van der Waals surface area contributed by atoms with E-state index in [1.807, 2.05) is 29.4 Å². The summed E-state index contributed by atoms with van der Waals surface area (Å²) in [5.41, 5.74) is 7.29. The lowest BCUT2D eigenvalue weighted by atomic mass is 10.1. The molecule has 0 heterocycles. The Balaban J connectivity index is 3.25. The van der Waals surface area contributed by atoms with E-state index >= 15 is 0 Å². The van der Waals surface area contributed by atoms with Crippen LogP contribution in [-0.4, -0.2) is 55.8 Å². The van der Waals surface area contributed by atoms with Gasteiger partial charge in [0.25, 0.3) is 0 Å². The number of rotatable bonds is 8. The van der Waals surface area contributed by atoms with Gasteiger partial charge in [-0.05, 0) is 18.4 Å². The molecule has 0 bridgehead atoms. The summed E-state index contributed by atoms with van der Waals surface area (Å²) in [6.45, 7) is 1.61. The molecule has 0 spiro atoms. The van der Waals surface area contributed by atoms with Crippen LogP contribution in [0.2, 0.25) is 0 Å². The number of oxime groups is 1. The minimum atomic E-state index is 0.0167. The molecular formula is C13H21N3O3S. The fraction of sp³-hybridized carbons (Fsp3) is 0.462. The standard InChI is InChI=1S/C13H21N3O3S/c1-19-9-7-16(6-8-17)10-4-3-5-11(20-2)12(10)13(14)15-18/h3-5,17-18H,6-9H2,1-2H3,(H2,14,15). The largest absolute Gasteiger partial charge is 0.409 e. The van der Waals surface area contributed by atoms with Gasteiger partial charge in [0.1, 0.15) is 0 Å². The first-order valence-corrected chi connectivity index (χ1v) is 7.41. The van der Waals surface area contributed by atoms with Gasteiger partial charge in [0.05, 0.1) is 18.8 Å². The lowest BCUT2D eigenvalue weighted by molar-refractivity contribution is 0.203. The lowest BCUT2D eigenvalue weighted by Gasteiger charge is -2.26. The number of hydrogen-bond acceptors (Lipinski definition) is 6. The first kappa shape index (κ1) is 16.6. The highest BCUT2D eigenvalue weighted by molar-refractivity contribution is 7.98. The molecule has 1 aromatic carbocycles. The predicted molar refractivity (Wildman–Crippen MR) is 81.9 cm³/mol. The Kier molecular flexibility index (Phi) is 7.21. The molecule has 0 aliphatic rings. The number of amidine groups is 1. The van der Waals surface area contributed by atoms with Crippen molar-refractivity contribution in [3.63, 3.8) is 0 Å². The SMILES string of the molecule is COCCN(CCO)c1cccc(SC)c1/C(N)=N/O. The monoisotopic (exact) mass is 299 g/mol. The summed E-state index contributed by atoms with van der Waals surface area (Å²) >= 11 is 1.52. The summed E-state index contributed by atoms with van der Waals surface area (Å²) in [6, 6.07) is 5.71. The number of hydrogen-bond donors (Lipinski definition) is 3. The van der Waals surface area contributed by atoms with Crippen molar-refractivity contribution in [2.75, 3.05) is 44.6 Å².